The van der Waals surface area contributed by atoms with Gasteiger partial charge in [-0.3, -0.25) is 9.78 Å². The van der Waals surface area contributed by atoms with E-state index in [1.54, 1.807) is 12.1 Å². The largest absolute Gasteiger partial charge is 0.504 e. The Morgan fingerprint density at radius 1 is 1.03 bits per heavy atom. The molecule has 0 spiro atoms. The summed E-state index contributed by atoms with van der Waals surface area (Å²) in [5, 5.41) is 31.7. The highest BCUT2D eigenvalue weighted by Gasteiger charge is 2.21. The first-order chi connectivity index (χ1) is 18.8. The molecule has 8 nitrogen and oxygen atoms in total. The molecular formula is C31H27N3O5. The van der Waals surface area contributed by atoms with E-state index in [0.717, 1.165) is 22.3 Å². The van der Waals surface area contributed by atoms with Crippen LogP contribution < -0.4 is 10.1 Å². The second-order valence-electron chi connectivity index (χ2n) is 9.08. The fraction of sp³-hybridized carbons (Fsp3) is 0.161. The lowest BCUT2D eigenvalue weighted by Crippen LogP contribution is -2.43. The van der Waals surface area contributed by atoms with Crippen LogP contribution in [0.4, 0.5) is 0 Å². The zero-order chi connectivity index (χ0) is 27.8. The van der Waals surface area contributed by atoms with E-state index in [1.807, 2.05) is 55.5 Å². The number of benzene rings is 3. The van der Waals surface area contributed by atoms with Crippen molar-refractivity contribution in [2.24, 2.45) is 0 Å². The third-order valence-corrected chi connectivity index (χ3v) is 6.30. The van der Waals surface area contributed by atoms with Crippen molar-refractivity contribution >= 4 is 11.9 Å². The molecule has 3 N–H and O–H groups in total. The first-order valence-electron chi connectivity index (χ1n) is 12.3. The molecule has 1 atom stereocenters. The molecule has 1 heterocycles. The molecule has 39 heavy (non-hydrogen) atoms. The molecule has 0 aliphatic heterocycles. The predicted molar refractivity (Wildman–Crippen MR) is 145 cm³/mol. The molecule has 4 aromatic rings. The summed E-state index contributed by atoms with van der Waals surface area (Å²) in [6, 6.07) is 23.0. The van der Waals surface area contributed by atoms with Crippen LogP contribution in [0.15, 0.2) is 85.2 Å². The van der Waals surface area contributed by atoms with Crippen LogP contribution in [-0.4, -0.2) is 33.1 Å². The Morgan fingerprint density at radius 2 is 1.82 bits per heavy atom. The second-order valence-corrected chi connectivity index (χ2v) is 9.08. The van der Waals surface area contributed by atoms with Gasteiger partial charge in [0, 0.05) is 18.8 Å². The van der Waals surface area contributed by atoms with Crippen molar-refractivity contribution in [3.63, 3.8) is 0 Å². The van der Waals surface area contributed by atoms with Crippen molar-refractivity contribution in [1.82, 2.24) is 10.3 Å². The van der Waals surface area contributed by atoms with Gasteiger partial charge in [-0.1, -0.05) is 54.6 Å². The summed E-state index contributed by atoms with van der Waals surface area (Å²) in [7, 11) is 0. The normalized spacial score (nSPS) is 11.3. The molecule has 4 rings (SSSR count). The van der Waals surface area contributed by atoms with Gasteiger partial charge in [0.1, 0.15) is 18.7 Å². The topological polar surface area (TPSA) is 133 Å². The number of hydrogen-bond acceptors (Lipinski definition) is 6. The summed E-state index contributed by atoms with van der Waals surface area (Å²) in [6.45, 7) is 2.27. The molecule has 0 unspecified atom stereocenters. The predicted octanol–water partition coefficient (Wildman–Crippen LogP) is 4.57. The number of nitriles is 1. The Balaban J connectivity index is 1.39. The number of ether oxygens (including phenoxy) is 1. The van der Waals surface area contributed by atoms with E-state index in [2.05, 4.69) is 16.4 Å². The van der Waals surface area contributed by atoms with Gasteiger partial charge in [-0.25, -0.2) is 4.79 Å². The number of nitrogens with one attached hydrogen (secondary N) is 1. The van der Waals surface area contributed by atoms with E-state index >= 15 is 0 Å². The number of phenols is 1. The van der Waals surface area contributed by atoms with Gasteiger partial charge in [-0.05, 0) is 58.5 Å². The van der Waals surface area contributed by atoms with E-state index < -0.39 is 17.9 Å². The summed E-state index contributed by atoms with van der Waals surface area (Å²) in [5.74, 6) is -1.58. The highest BCUT2D eigenvalue weighted by molar-refractivity contribution is 5.85. The molecule has 0 saturated carbocycles. The van der Waals surface area contributed by atoms with Gasteiger partial charge >= 0.3 is 5.97 Å². The Kier molecular flexibility index (Phi) is 8.54. The molecule has 196 valence electrons. The highest BCUT2D eigenvalue weighted by atomic mass is 16.5. The lowest BCUT2D eigenvalue weighted by Gasteiger charge is -2.16. The van der Waals surface area contributed by atoms with E-state index in [-0.39, 0.29) is 30.9 Å². The van der Waals surface area contributed by atoms with Crippen LogP contribution in [0.25, 0.3) is 11.1 Å². The zero-order valence-electron chi connectivity index (χ0n) is 21.3. The summed E-state index contributed by atoms with van der Waals surface area (Å²) in [5.41, 5.74) is 5.59. The van der Waals surface area contributed by atoms with Crippen LogP contribution in [-0.2, 0) is 29.0 Å². The van der Waals surface area contributed by atoms with Crippen molar-refractivity contribution in [2.75, 3.05) is 0 Å². The van der Waals surface area contributed by atoms with Crippen molar-refractivity contribution in [3.8, 4) is 28.7 Å². The first-order valence-corrected chi connectivity index (χ1v) is 12.3. The summed E-state index contributed by atoms with van der Waals surface area (Å²) >= 11 is 0. The number of aliphatic carboxylic acids is 1. The maximum atomic E-state index is 12.4. The van der Waals surface area contributed by atoms with Gasteiger partial charge in [0.25, 0.3) is 0 Å². The molecular weight excluding hydrogens is 494 g/mol. The van der Waals surface area contributed by atoms with Gasteiger partial charge in [-0.2, -0.15) is 5.26 Å². The van der Waals surface area contributed by atoms with Crippen molar-refractivity contribution in [2.45, 2.75) is 32.4 Å². The maximum absolute atomic E-state index is 12.4. The third kappa shape index (κ3) is 6.99. The second kappa shape index (κ2) is 12.4. The lowest BCUT2D eigenvalue weighted by atomic mass is 9.97. The smallest absolute Gasteiger partial charge is 0.326 e. The molecule has 1 aromatic heterocycles. The summed E-state index contributed by atoms with van der Waals surface area (Å²) < 4.78 is 5.89. The van der Waals surface area contributed by atoms with E-state index in [1.165, 1.54) is 24.5 Å². The fourth-order valence-electron chi connectivity index (χ4n) is 4.25. The standard InChI is InChI=1S/C31H27N3O5/c1-20-25(8-5-9-26(20)24-6-3-2-4-7-24)19-39-29-11-10-21(14-28(29)35)13-27(31(37)38)34-30(36)15-22-12-23(16-32)18-33-17-22/h2-12,14,17-18,27,35H,13,15,19H2,1H3,(H,34,36)(H,37,38)/t27-/m0/s1. The van der Waals surface area contributed by atoms with E-state index in [4.69, 9.17) is 10.00 Å². The number of carbonyl (C=O) groups excluding carboxylic acids is 1. The number of pyridine rings is 1. The first kappa shape index (κ1) is 26.9. The number of amides is 1. The van der Waals surface area contributed by atoms with Crippen molar-refractivity contribution in [1.29, 1.82) is 5.26 Å². The molecule has 1 amide bonds. The SMILES string of the molecule is Cc1c(COc2ccc(C[C@H](NC(=O)Cc3cncc(C#N)c3)C(=O)O)cc2O)cccc1-c1ccccc1. The molecule has 0 bridgehead atoms. The Labute approximate surface area is 226 Å². The number of carboxylic acid groups (broad SMARTS) is 1. The van der Waals surface area contributed by atoms with Crippen LogP contribution in [0.5, 0.6) is 11.5 Å². The minimum atomic E-state index is -1.21. The number of carboxylic acids is 1. The van der Waals surface area contributed by atoms with Crippen LogP contribution in [0.1, 0.15) is 27.8 Å². The molecule has 8 heteroatoms. The van der Waals surface area contributed by atoms with Gasteiger partial charge in [0.15, 0.2) is 11.5 Å². The molecule has 0 fully saturated rings. The molecule has 0 aliphatic carbocycles. The Hall–Kier alpha value is -5.16. The number of hydrogen-bond donors (Lipinski definition) is 3. The molecule has 0 saturated heterocycles. The van der Waals surface area contributed by atoms with Gasteiger partial charge in [-0.15, -0.1) is 0 Å². The number of carbonyl (C=O) groups is 2. The quantitative estimate of drug-likeness (QED) is 0.278. The molecule has 3 aromatic carbocycles. The van der Waals surface area contributed by atoms with Gasteiger partial charge < -0.3 is 20.3 Å². The average molecular weight is 522 g/mol. The minimum Gasteiger partial charge on any atom is -0.504 e. The van der Waals surface area contributed by atoms with E-state index in [0.29, 0.717) is 16.7 Å². The number of nitrogens with zero attached hydrogens (tertiary/aromatic N) is 2. The molecule has 0 aliphatic rings. The number of phenolic OH excluding ortho intramolecular Hbond substituents is 1. The number of aromatic hydroxyl groups is 1. The lowest BCUT2D eigenvalue weighted by molar-refractivity contribution is -0.141. The Bertz CT molecular complexity index is 1530. The number of rotatable bonds is 10. The van der Waals surface area contributed by atoms with Crippen LogP contribution in [0.2, 0.25) is 0 Å². The monoisotopic (exact) mass is 521 g/mol. The van der Waals surface area contributed by atoms with E-state index in [9.17, 15) is 19.8 Å². The van der Waals surface area contributed by atoms with Crippen molar-refractivity contribution in [3.05, 3.63) is 113 Å². The molecule has 0 radical (unpaired) electrons. The van der Waals surface area contributed by atoms with Crippen LogP contribution in [0.3, 0.4) is 0 Å². The Morgan fingerprint density at radius 3 is 2.54 bits per heavy atom. The maximum Gasteiger partial charge on any atom is 0.326 e. The minimum absolute atomic E-state index is 0.0381. The highest BCUT2D eigenvalue weighted by Crippen LogP contribution is 2.30. The summed E-state index contributed by atoms with van der Waals surface area (Å²) in [4.78, 5) is 28.2. The van der Waals surface area contributed by atoms with Crippen LogP contribution >= 0.6 is 0 Å². The third-order valence-electron chi connectivity index (χ3n) is 6.30. The fourth-order valence-corrected chi connectivity index (χ4v) is 4.25. The van der Waals surface area contributed by atoms with Gasteiger partial charge in [0.05, 0.1) is 12.0 Å². The van der Waals surface area contributed by atoms with Crippen molar-refractivity contribution < 1.29 is 24.5 Å². The van der Waals surface area contributed by atoms with Gasteiger partial charge in [0.2, 0.25) is 5.91 Å². The summed E-state index contributed by atoms with van der Waals surface area (Å²) in [6.07, 6.45) is 2.68. The van der Waals surface area contributed by atoms with Crippen LogP contribution in [0, 0.1) is 18.3 Å². The number of aromatic nitrogens is 1. The zero-order valence-corrected chi connectivity index (χ0v) is 21.3. The average Bonchev–Trinajstić information content (AvgIpc) is 2.93.